The molecule has 74 valence electrons. The Balaban J connectivity index is 1.99. The van der Waals surface area contributed by atoms with E-state index in [1.807, 2.05) is 12.1 Å². The summed E-state index contributed by atoms with van der Waals surface area (Å²) in [6.07, 6.45) is 9.67. The standard InChI is InChI=1S/C12H15NO/c14-12(8-10-4-1-2-5-10)11-6-3-7-13-9-11/h3-4,6-7,9,12,14H,1-2,5,8H2. The van der Waals surface area contributed by atoms with Crippen molar-refractivity contribution in [3.05, 3.63) is 41.7 Å². The number of pyridine rings is 1. The van der Waals surface area contributed by atoms with Gasteiger partial charge in [0, 0.05) is 12.4 Å². The number of hydrogen-bond acceptors (Lipinski definition) is 2. The minimum atomic E-state index is -0.381. The van der Waals surface area contributed by atoms with Gasteiger partial charge < -0.3 is 5.11 Å². The van der Waals surface area contributed by atoms with Gasteiger partial charge in [-0.1, -0.05) is 17.7 Å². The second-order valence-corrected chi connectivity index (χ2v) is 3.76. The van der Waals surface area contributed by atoms with Crippen molar-refractivity contribution in [2.45, 2.75) is 31.8 Å². The molecule has 0 aliphatic heterocycles. The Morgan fingerprint density at radius 1 is 1.50 bits per heavy atom. The summed E-state index contributed by atoms with van der Waals surface area (Å²) in [5.41, 5.74) is 2.31. The predicted molar refractivity (Wildman–Crippen MR) is 55.7 cm³/mol. The fourth-order valence-electron chi connectivity index (χ4n) is 1.86. The van der Waals surface area contributed by atoms with Crippen molar-refractivity contribution in [2.24, 2.45) is 0 Å². The van der Waals surface area contributed by atoms with Crippen LogP contribution >= 0.6 is 0 Å². The molecule has 0 aromatic carbocycles. The molecule has 0 spiro atoms. The Kier molecular flexibility index (Phi) is 2.94. The first kappa shape index (κ1) is 9.41. The Morgan fingerprint density at radius 3 is 3.07 bits per heavy atom. The third-order valence-electron chi connectivity index (χ3n) is 2.66. The molecule has 0 radical (unpaired) electrons. The van der Waals surface area contributed by atoms with E-state index in [0.29, 0.717) is 0 Å². The lowest BCUT2D eigenvalue weighted by molar-refractivity contribution is 0.177. The van der Waals surface area contributed by atoms with Crippen molar-refractivity contribution < 1.29 is 5.11 Å². The molecule has 0 saturated heterocycles. The minimum absolute atomic E-state index is 0.381. The van der Waals surface area contributed by atoms with Crippen molar-refractivity contribution >= 4 is 0 Å². The quantitative estimate of drug-likeness (QED) is 0.741. The fourth-order valence-corrected chi connectivity index (χ4v) is 1.86. The van der Waals surface area contributed by atoms with Crippen LogP contribution in [0.2, 0.25) is 0 Å². The number of aliphatic hydroxyl groups is 1. The first-order chi connectivity index (χ1) is 6.86. The molecule has 1 aliphatic rings. The highest BCUT2D eigenvalue weighted by Gasteiger charge is 2.12. The van der Waals surface area contributed by atoms with Gasteiger partial charge in [-0.05, 0) is 37.3 Å². The SMILES string of the molecule is OC(CC1=CCCC1)c1cccnc1. The van der Waals surface area contributed by atoms with Crippen molar-refractivity contribution in [3.63, 3.8) is 0 Å². The molecule has 0 fully saturated rings. The molecule has 1 aromatic heterocycles. The topological polar surface area (TPSA) is 33.1 Å². The first-order valence-electron chi connectivity index (χ1n) is 5.12. The van der Waals surface area contributed by atoms with Gasteiger partial charge in [0.1, 0.15) is 0 Å². The number of aliphatic hydroxyl groups excluding tert-OH is 1. The molecular weight excluding hydrogens is 174 g/mol. The van der Waals surface area contributed by atoms with Gasteiger partial charge in [-0.25, -0.2) is 0 Å². The molecule has 1 unspecified atom stereocenters. The average molecular weight is 189 g/mol. The van der Waals surface area contributed by atoms with E-state index in [1.165, 1.54) is 18.4 Å². The first-order valence-corrected chi connectivity index (χ1v) is 5.12. The van der Waals surface area contributed by atoms with Gasteiger partial charge in [0.25, 0.3) is 0 Å². The summed E-state index contributed by atoms with van der Waals surface area (Å²) < 4.78 is 0. The molecule has 1 aromatic rings. The molecule has 14 heavy (non-hydrogen) atoms. The zero-order valence-corrected chi connectivity index (χ0v) is 8.19. The third-order valence-corrected chi connectivity index (χ3v) is 2.66. The van der Waals surface area contributed by atoms with E-state index in [4.69, 9.17) is 0 Å². The van der Waals surface area contributed by atoms with Crippen molar-refractivity contribution in [1.82, 2.24) is 4.98 Å². The van der Waals surface area contributed by atoms with E-state index >= 15 is 0 Å². The van der Waals surface area contributed by atoms with Crippen LogP contribution in [0.5, 0.6) is 0 Å². The van der Waals surface area contributed by atoms with Gasteiger partial charge in [0.15, 0.2) is 0 Å². The van der Waals surface area contributed by atoms with Crippen molar-refractivity contribution in [1.29, 1.82) is 0 Å². The fraction of sp³-hybridized carbons (Fsp3) is 0.417. The largest absolute Gasteiger partial charge is 0.388 e. The van der Waals surface area contributed by atoms with Gasteiger partial charge in [0.2, 0.25) is 0 Å². The van der Waals surface area contributed by atoms with E-state index in [0.717, 1.165) is 18.4 Å². The summed E-state index contributed by atoms with van der Waals surface area (Å²) in [4.78, 5) is 4.00. The Labute approximate surface area is 84.3 Å². The van der Waals surface area contributed by atoms with Crippen LogP contribution in [0.25, 0.3) is 0 Å². The van der Waals surface area contributed by atoms with E-state index in [2.05, 4.69) is 11.1 Å². The van der Waals surface area contributed by atoms with Crippen molar-refractivity contribution in [3.8, 4) is 0 Å². The summed E-state index contributed by atoms with van der Waals surface area (Å²) >= 11 is 0. The summed E-state index contributed by atoms with van der Waals surface area (Å²) in [7, 11) is 0. The lowest BCUT2D eigenvalue weighted by Crippen LogP contribution is -1.98. The molecule has 1 aliphatic carbocycles. The van der Waals surface area contributed by atoms with Crippen LogP contribution in [-0.4, -0.2) is 10.1 Å². The molecular formula is C12H15NO. The van der Waals surface area contributed by atoms with Gasteiger partial charge in [-0.3, -0.25) is 4.98 Å². The van der Waals surface area contributed by atoms with Crippen LogP contribution in [0.4, 0.5) is 0 Å². The van der Waals surface area contributed by atoms with Gasteiger partial charge >= 0.3 is 0 Å². The van der Waals surface area contributed by atoms with Gasteiger partial charge in [-0.15, -0.1) is 0 Å². The predicted octanol–water partition coefficient (Wildman–Crippen LogP) is 2.62. The van der Waals surface area contributed by atoms with Crippen LogP contribution < -0.4 is 0 Å². The number of allylic oxidation sites excluding steroid dienone is 1. The van der Waals surface area contributed by atoms with E-state index in [9.17, 15) is 5.11 Å². The lowest BCUT2D eigenvalue weighted by Gasteiger charge is -2.10. The van der Waals surface area contributed by atoms with Crippen LogP contribution in [0.3, 0.4) is 0 Å². The average Bonchev–Trinajstić information content (AvgIpc) is 2.72. The van der Waals surface area contributed by atoms with Crippen molar-refractivity contribution in [2.75, 3.05) is 0 Å². The molecule has 0 bridgehead atoms. The Morgan fingerprint density at radius 2 is 2.43 bits per heavy atom. The monoisotopic (exact) mass is 189 g/mol. The molecule has 0 saturated carbocycles. The Hall–Kier alpha value is -1.15. The number of hydrogen-bond donors (Lipinski definition) is 1. The maximum Gasteiger partial charge on any atom is 0.0841 e. The molecule has 1 N–H and O–H groups in total. The highest BCUT2D eigenvalue weighted by Crippen LogP contribution is 2.27. The molecule has 2 nitrogen and oxygen atoms in total. The van der Waals surface area contributed by atoms with Gasteiger partial charge in [0.05, 0.1) is 6.10 Å². The maximum atomic E-state index is 9.90. The summed E-state index contributed by atoms with van der Waals surface area (Å²) in [6, 6.07) is 3.79. The van der Waals surface area contributed by atoms with E-state index < -0.39 is 0 Å². The number of nitrogens with zero attached hydrogens (tertiary/aromatic N) is 1. The highest BCUT2D eigenvalue weighted by molar-refractivity contribution is 5.17. The highest BCUT2D eigenvalue weighted by atomic mass is 16.3. The molecule has 2 heteroatoms. The minimum Gasteiger partial charge on any atom is -0.388 e. The summed E-state index contributed by atoms with van der Waals surface area (Å²) in [5.74, 6) is 0. The molecule has 1 atom stereocenters. The van der Waals surface area contributed by atoms with Crippen LogP contribution in [0.1, 0.15) is 37.4 Å². The van der Waals surface area contributed by atoms with Gasteiger partial charge in [-0.2, -0.15) is 0 Å². The smallest absolute Gasteiger partial charge is 0.0841 e. The third kappa shape index (κ3) is 2.20. The second-order valence-electron chi connectivity index (χ2n) is 3.76. The number of aromatic nitrogens is 1. The zero-order chi connectivity index (χ0) is 9.80. The molecule has 0 amide bonds. The van der Waals surface area contributed by atoms with E-state index in [-0.39, 0.29) is 6.10 Å². The van der Waals surface area contributed by atoms with Crippen LogP contribution in [-0.2, 0) is 0 Å². The zero-order valence-electron chi connectivity index (χ0n) is 8.19. The van der Waals surface area contributed by atoms with E-state index in [1.54, 1.807) is 12.4 Å². The van der Waals surface area contributed by atoms with Crippen LogP contribution in [0.15, 0.2) is 36.2 Å². The second kappa shape index (κ2) is 4.38. The summed E-state index contributed by atoms with van der Waals surface area (Å²) in [6.45, 7) is 0. The number of rotatable bonds is 3. The summed E-state index contributed by atoms with van der Waals surface area (Å²) in [5, 5.41) is 9.90. The lowest BCUT2D eigenvalue weighted by atomic mass is 10.0. The van der Waals surface area contributed by atoms with Crippen LogP contribution in [0, 0.1) is 0 Å². The Bertz CT molecular complexity index is 318. The maximum absolute atomic E-state index is 9.90. The molecule has 1 heterocycles. The molecule has 2 rings (SSSR count). The normalized spacial score (nSPS) is 17.9.